The Balaban J connectivity index is 2.30. The van der Waals surface area contributed by atoms with Gasteiger partial charge in [-0.1, -0.05) is 6.07 Å². The van der Waals surface area contributed by atoms with E-state index in [4.69, 9.17) is 5.73 Å². The second-order valence-corrected chi connectivity index (χ2v) is 4.51. The van der Waals surface area contributed by atoms with E-state index < -0.39 is 0 Å². The van der Waals surface area contributed by atoms with Crippen LogP contribution in [0.5, 0.6) is 0 Å². The van der Waals surface area contributed by atoms with Crippen LogP contribution in [-0.4, -0.2) is 16.1 Å². The van der Waals surface area contributed by atoms with Crippen LogP contribution in [0.2, 0.25) is 0 Å². The van der Waals surface area contributed by atoms with Crippen LogP contribution in [0, 0.1) is 0 Å². The maximum Gasteiger partial charge on any atom is 0.150 e. The highest BCUT2D eigenvalue weighted by molar-refractivity contribution is 7.13. The molecule has 3 nitrogen and oxygen atoms in total. The lowest BCUT2D eigenvalue weighted by Crippen LogP contribution is -2.11. The fourth-order valence-corrected chi connectivity index (χ4v) is 2.37. The molecule has 4 heteroatoms. The zero-order valence-electron chi connectivity index (χ0n) is 8.76. The summed E-state index contributed by atoms with van der Waals surface area (Å²) >= 11 is 1.72. The first-order valence-corrected chi connectivity index (χ1v) is 5.97. The summed E-state index contributed by atoms with van der Waals surface area (Å²) < 4.78 is 2.19. The Hall–Kier alpha value is -1.13. The molecule has 0 aliphatic heterocycles. The largest absolute Gasteiger partial charge is 0.330 e. The van der Waals surface area contributed by atoms with E-state index >= 15 is 0 Å². The lowest BCUT2D eigenvalue weighted by atomic mass is 10.2. The van der Waals surface area contributed by atoms with Crippen LogP contribution >= 0.6 is 11.3 Å². The fourth-order valence-electron chi connectivity index (χ4n) is 1.65. The number of aromatic nitrogens is 2. The van der Waals surface area contributed by atoms with Crippen molar-refractivity contribution in [2.45, 2.75) is 19.4 Å². The molecule has 0 fully saturated rings. The Kier molecular flexibility index (Phi) is 3.18. The highest BCUT2D eigenvalue weighted by Crippen LogP contribution is 2.26. The highest BCUT2D eigenvalue weighted by atomic mass is 32.1. The lowest BCUT2D eigenvalue weighted by molar-refractivity contribution is 0.519. The number of thiophene rings is 1. The fraction of sp³-hybridized carbons (Fsp3) is 0.364. The van der Waals surface area contributed by atoms with Gasteiger partial charge in [0.1, 0.15) is 5.82 Å². The minimum Gasteiger partial charge on any atom is -0.330 e. The Morgan fingerprint density at radius 2 is 2.47 bits per heavy atom. The normalized spacial score (nSPS) is 12.9. The van der Waals surface area contributed by atoms with Gasteiger partial charge in [-0.15, -0.1) is 11.3 Å². The standard InChI is InChI=1S/C11H15N3S/c1-9(4-5-12)14-7-6-13-11(14)10-3-2-8-15-10/h2-3,6-9H,4-5,12H2,1H3. The zero-order chi connectivity index (χ0) is 10.7. The molecule has 2 aromatic rings. The molecule has 0 spiro atoms. The quantitative estimate of drug-likeness (QED) is 0.862. The van der Waals surface area contributed by atoms with Gasteiger partial charge in [-0.25, -0.2) is 4.98 Å². The minimum atomic E-state index is 0.412. The van der Waals surface area contributed by atoms with Crippen molar-refractivity contribution in [2.24, 2.45) is 5.73 Å². The molecule has 2 heterocycles. The predicted molar refractivity (Wildman–Crippen MR) is 63.9 cm³/mol. The summed E-state index contributed by atoms with van der Waals surface area (Å²) in [5.41, 5.74) is 5.57. The van der Waals surface area contributed by atoms with E-state index in [9.17, 15) is 0 Å². The molecule has 1 unspecified atom stereocenters. The van der Waals surface area contributed by atoms with Crippen LogP contribution in [0.1, 0.15) is 19.4 Å². The summed E-state index contributed by atoms with van der Waals surface area (Å²) in [5, 5.41) is 2.07. The van der Waals surface area contributed by atoms with E-state index in [1.807, 2.05) is 18.5 Å². The van der Waals surface area contributed by atoms with Crippen LogP contribution in [0.3, 0.4) is 0 Å². The number of rotatable bonds is 4. The average Bonchev–Trinajstić information content (AvgIpc) is 2.88. The van der Waals surface area contributed by atoms with Crippen molar-refractivity contribution in [1.82, 2.24) is 9.55 Å². The summed E-state index contributed by atoms with van der Waals surface area (Å²) in [5.74, 6) is 1.05. The topological polar surface area (TPSA) is 43.8 Å². The van der Waals surface area contributed by atoms with Crippen LogP contribution < -0.4 is 5.73 Å². The molecule has 80 valence electrons. The van der Waals surface area contributed by atoms with Gasteiger partial charge in [0.25, 0.3) is 0 Å². The van der Waals surface area contributed by atoms with Crippen LogP contribution in [0.4, 0.5) is 0 Å². The van der Waals surface area contributed by atoms with E-state index in [-0.39, 0.29) is 0 Å². The maximum absolute atomic E-state index is 5.57. The van der Waals surface area contributed by atoms with Crippen LogP contribution in [-0.2, 0) is 0 Å². The lowest BCUT2D eigenvalue weighted by Gasteiger charge is -2.14. The van der Waals surface area contributed by atoms with Gasteiger partial charge in [-0.3, -0.25) is 0 Å². The molecule has 2 rings (SSSR count). The Labute approximate surface area is 93.6 Å². The zero-order valence-corrected chi connectivity index (χ0v) is 9.57. The number of imidazole rings is 1. The first-order valence-electron chi connectivity index (χ1n) is 5.09. The smallest absolute Gasteiger partial charge is 0.150 e. The number of hydrogen-bond donors (Lipinski definition) is 1. The summed E-state index contributed by atoms with van der Waals surface area (Å²) in [6.07, 6.45) is 4.85. The monoisotopic (exact) mass is 221 g/mol. The Morgan fingerprint density at radius 1 is 1.60 bits per heavy atom. The molecule has 0 saturated carbocycles. The molecule has 0 amide bonds. The van der Waals surface area contributed by atoms with Gasteiger partial charge in [0.15, 0.2) is 0 Å². The van der Waals surface area contributed by atoms with Gasteiger partial charge in [-0.2, -0.15) is 0 Å². The second-order valence-electron chi connectivity index (χ2n) is 3.56. The first-order chi connectivity index (χ1) is 7.33. The summed E-state index contributed by atoms with van der Waals surface area (Å²) in [4.78, 5) is 5.61. The molecule has 15 heavy (non-hydrogen) atoms. The molecule has 2 N–H and O–H groups in total. The van der Waals surface area contributed by atoms with Gasteiger partial charge in [0.05, 0.1) is 4.88 Å². The van der Waals surface area contributed by atoms with Gasteiger partial charge < -0.3 is 10.3 Å². The molecule has 0 aliphatic carbocycles. The molecule has 2 aromatic heterocycles. The summed E-state index contributed by atoms with van der Waals surface area (Å²) in [6.45, 7) is 2.88. The molecular weight excluding hydrogens is 206 g/mol. The van der Waals surface area contributed by atoms with Gasteiger partial charge in [0.2, 0.25) is 0 Å². The van der Waals surface area contributed by atoms with Crippen molar-refractivity contribution < 1.29 is 0 Å². The van der Waals surface area contributed by atoms with Crippen LogP contribution in [0.25, 0.3) is 10.7 Å². The average molecular weight is 221 g/mol. The van der Waals surface area contributed by atoms with Crippen molar-refractivity contribution in [3.63, 3.8) is 0 Å². The summed E-state index contributed by atoms with van der Waals surface area (Å²) in [7, 11) is 0. The third-order valence-electron chi connectivity index (χ3n) is 2.47. The Morgan fingerprint density at radius 3 is 3.13 bits per heavy atom. The van der Waals surface area contributed by atoms with Gasteiger partial charge in [0, 0.05) is 18.4 Å². The number of hydrogen-bond acceptors (Lipinski definition) is 3. The van der Waals surface area contributed by atoms with Gasteiger partial charge >= 0.3 is 0 Å². The number of nitrogens with two attached hydrogens (primary N) is 1. The predicted octanol–water partition coefficient (Wildman–Crippen LogP) is 2.52. The molecule has 1 atom stereocenters. The molecule has 0 bridgehead atoms. The van der Waals surface area contributed by atoms with E-state index in [0.29, 0.717) is 12.6 Å². The SMILES string of the molecule is CC(CCN)n1ccnc1-c1cccs1. The highest BCUT2D eigenvalue weighted by Gasteiger charge is 2.11. The number of nitrogens with zero attached hydrogens (tertiary/aromatic N) is 2. The van der Waals surface area contributed by atoms with E-state index in [1.165, 1.54) is 4.88 Å². The van der Waals surface area contributed by atoms with Crippen molar-refractivity contribution in [2.75, 3.05) is 6.54 Å². The third kappa shape index (κ3) is 2.11. The third-order valence-corrected chi connectivity index (χ3v) is 3.34. The van der Waals surface area contributed by atoms with Crippen LogP contribution in [0.15, 0.2) is 29.9 Å². The van der Waals surface area contributed by atoms with Crippen molar-refractivity contribution in [3.05, 3.63) is 29.9 Å². The minimum absolute atomic E-state index is 0.412. The van der Waals surface area contributed by atoms with E-state index in [2.05, 4.69) is 27.9 Å². The molecule has 0 saturated heterocycles. The van der Waals surface area contributed by atoms with Crippen molar-refractivity contribution in [3.8, 4) is 10.7 Å². The molecule has 0 aromatic carbocycles. The Bertz CT molecular complexity index is 405. The van der Waals surface area contributed by atoms with E-state index in [0.717, 1.165) is 12.2 Å². The molecule has 0 aliphatic rings. The summed E-state index contributed by atoms with van der Waals surface area (Å²) in [6, 6.07) is 4.56. The molecular formula is C11H15N3S. The first kappa shape index (κ1) is 10.4. The van der Waals surface area contributed by atoms with Crippen molar-refractivity contribution in [1.29, 1.82) is 0 Å². The maximum atomic E-state index is 5.57. The van der Waals surface area contributed by atoms with E-state index in [1.54, 1.807) is 11.3 Å². The molecule has 0 radical (unpaired) electrons. The van der Waals surface area contributed by atoms with Crippen molar-refractivity contribution >= 4 is 11.3 Å². The second kappa shape index (κ2) is 4.59. The van der Waals surface area contributed by atoms with Gasteiger partial charge in [-0.05, 0) is 31.3 Å².